The summed E-state index contributed by atoms with van der Waals surface area (Å²) in [6.45, 7) is 4.23. The first-order chi connectivity index (χ1) is 13.2. The summed E-state index contributed by atoms with van der Waals surface area (Å²) in [5, 5.41) is 5.35. The van der Waals surface area contributed by atoms with Crippen LogP contribution >= 0.6 is 0 Å². The molecule has 2 amide bonds. The van der Waals surface area contributed by atoms with E-state index >= 15 is 0 Å². The predicted octanol–water partition coefficient (Wildman–Crippen LogP) is 2.45. The maximum Gasteiger partial charge on any atom is 0.255 e. The van der Waals surface area contributed by atoms with Gasteiger partial charge in [0.05, 0.1) is 30.6 Å². The maximum atomic E-state index is 12.3. The fourth-order valence-corrected chi connectivity index (χ4v) is 2.99. The molecule has 1 aliphatic rings. The van der Waals surface area contributed by atoms with Crippen molar-refractivity contribution < 1.29 is 14.3 Å². The normalized spacial score (nSPS) is 13.3. The van der Waals surface area contributed by atoms with Gasteiger partial charge >= 0.3 is 0 Å². The molecule has 2 N–H and O–H groups in total. The van der Waals surface area contributed by atoms with Crippen LogP contribution in [0.1, 0.15) is 30.1 Å². The maximum absolute atomic E-state index is 12.3. The number of nitrogens with one attached hydrogen (secondary N) is 2. The highest BCUT2D eigenvalue weighted by Crippen LogP contribution is 2.19. The van der Waals surface area contributed by atoms with E-state index in [0.29, 0.717) is 23.6 Å². The lowest BCUT2D eigenvalue weighted by molar-refractivity contribution is -0.115. The number of ether oxygens (including phenoxy) is 1. The smallest absolute Gasteiger partial charge is 0.255 e. The Morgan fingerprint density at radius 1 is 1.15 bits per heavy atom. The standard InChI is InChI=1S/C20H24N4O3/c1-2-27-17-8-4-3-7-16(17)20(26)22-14-19(25)23-15-9-10-18(21-13-15)24-11-5-6-12-24/h3-4,7-10,13H,2,5-6,11-12,14H2,1H3,(H,22,26)(H,23,25). The number of aromatic nitrogens is 1. The first-order valence-electron chi connectivity index (χ1n) is 9.18. The molecule has 0 atom stereocenters. The summed E-state index contributed by atoms with van der Waals surface area (Å²) < 4.78 is 5.44. The van der Waals surface area contributed by atoms with Gasteiger partial charge in [-0.3, -0.25) is 9.59 Å². The van der Waals surface area contributed by atoms with Gasteiger partial charge in [-0.25, -0.2) is 4.98 Å². The van der Waals surface area contributed by atoms with Crippen LogP contribution in [0.4, 0.5) is 11.5 Å². The number of hydrogen-bond acceptors (Lipinski definition) is 5. The predicted molar refractivity (Wildman–Crippen MR) is 104 cm³/mol. The summed E-state index contributed by atoms with van der Waals surface area (Å²) in [7, 11) is 0. The third-order valence-electron chi connectivity index (χ3n) is 4.30. The quantitative estimate of drug-likeness (QED) is 0.784. The molecular formula is C20H24N4O3. The lowest BCUT2D eigenvalue weighted by Gasteiger charge is -2.16. The van der Waals surface area contributed by atoms with Crippen LogP contribution in [0.25, 0.3) is 0 Å². The summed E-state index contributed by atoms with van der Waals surface area (Å²) in [5.41, 5.74) is 1.01. The van der Waals surface area contributed by atoms with E-state index in [9.17, 15) is 9.59 Å². The van der Waals surface area contributed by atoms with E-state index in [-0.39, 0.29) is 18.4 Å². The Morgan fingerprint density at radius 2 is 1.93 bits per heavy atom. The minimum atomic E-state index is -0.350. The molecular weight excluding hydrogens is 344 g/mol. The van der Waals surface area contributed by atoms with Gasteiger partial charge in [-0.1, -0.05) is 12.1 Å². The number of para-hydroxylation sites is 1. The van der Waals surface area contributed by atoms with Crippen molar-refractivity contribution >= 4 is 23.3 Å². The second-order valence-electron chi connectivity index (χ2n) is 6.26. The minimum absolute atomic E-state index is 0.132. The van der Waals surface area contributed by atoms with E-state index in [0.717, 1.165) is 18.9 Å². The van der Waals surface area contributed by atoms with Crippen molar-refractivity contribution in [3.63, 3.8) is 0 Å². The summed E-state index contributed by atoms with van der Waals surface area (Å²) in [6.07, 6.45) is 4.01. The second-order valence-corrected chi connectivity index (χ2v) is 6.26. The third kappa shape index (κ3) is 4.97. The molecule has 27 heavy (non-hydrogen) atoms. The zero-order valence-corrected chi connectivity index (χ0v) is 15.4. The van der Waals surface area contributed by atoms with E-state index < -0.39 is 0 Å². The lowest BCUT2D eigenvalue weighted by Crippen LogP contribution is -2.33. The monoisotopic (exact) mass is 368 g/mol. The molecule has 2 aromatic rings. The Morgan fingerprint density at radius 3 is 2.63 bits per heavy atom. The number of pyridine rings is 1. The van der Waals surface area contributed by atoms with Crippen molar-refractivity contribution in [3.05, 3.63) is 48.2 Å². The van der Waals surface area contributed by atoms with Gasteiger partial charge in [-0.05, 0) is 44.0 Å². The van der Waals surface area contributed by atoms with Gasteiger partial charge in [0.25, 0.3) is 5.91 Å². The topological polar surface area (TPSA) is 83.6 Å². The molecule has 3 rings (SSSR count). The molecule has 7 heteroatoms. The van der Waals surface area contributed by atoms with Crippen molar-refractivity contribution in [3.8, 4) is 5.75 Å². The summed E-state index contributed by atoms with van der Waals surface area (Å²) in [5.74, 6) is 0.760. The molecule has 7 nitrogen and oxygen atoms in total. The molecule has 142 valence electrons. The Hall–Kier alpha value is -3.09. The van der Waals surface area contributed by atoms with Gasteiger partial charge < -0.3 is 20.3 Å². The van der Waals surface area contributed by atoms with Crippen molar-refractivity contribution in [1.82, 2.24) is 10.3 Å². The molecule has 0 unspecified atom stereocenters. The number of carbonyl (C=O) groups excluding carboxylic acids is 2. The minimum Gasteiger partial charge on any atom is -0.493 e. The highest BCUT2D eigenvalue weighted by molar-refractivity contribution is 6.00. The lowest BCUT2D eigenvalue weighted by atomic mass is 10.2. The van der Waals surface area contributed by atoms with Crippen LogP contribution in [0.2, 0.25) is 0 Å². The molecule has 0 spiro atoms. The number of anilines is 2. The van der Waals surface area contributed by atoms with Crippen molar-refractivity contribution in [2.75, 3.05) is 36.5 Å². The summed E-state index contributed by atoms with van der Waals surface area (Å²) in [6, 6.07) is 10.7. The van der Waals surface area contributed by atoms with E-state index in [1.54, 1.807) is 30.5 Å². The summed E-state index contributed by atoms with van der Waals surface area (Å²) in [4.78, 5) is 31.0. The molecule has 0 radical (unpaired) electrons. The first-order valence-corrected chi connectivity index (χ1v) is 9.18. The third-order valence-corrected chi connectivity index (χ3v) is 4.30. The zero-order valence-electron chi connectivity index (χ0n) is 15.4. The van der Waals surface area contributed by atoms with Crippen LogP contribution in [0.15, 0.2) is 42.6 Å². The van der Waals surface area contributed by atoms with Gasteiger partial charge in [0.15, 0.2) is 0 Å². The Balaban J connectivity index is 1.51. The van der Waals surface area contributed by atoms with Crippen LogP contribution in [-0.4, -0.2) is 43.0 Å². The van der Waals surface area contributed by atoms with Crippen LogP contribution in [0.5, 0.6) is 5.75 Å². The van der Waals surface area contributed by atoms with E-state index in [4.69, 9.17) is 4.74 Å². The van der Waals surface area contributed by atoms with Gasteiger partial charge in [-0.15, -0.1) is 0 Å². The number of hydrogen-bond donors (Lipinski definition) is 2. The van der Waals surface area contributed by atoms with Gasteiger partial charge in [0.1, 0.15) is 11.6 Å². The molecule has 0 aliphatic carbocycles. The molecule has 1 aromatic carbocycles. The van der Waals surface area contributed by atoms with E-state index in [1.165, 1.54) is 12.8 Å². The van der Waals surface area contributed by atoms with Crippen LogP contribution in [-0.2, 0) is 4.79 Å². The van der Waals surface area contributed by atoms with Crippen LogP contribution in [0, 0.1) is 0 Å². The number of carbonyl (C=O) groups is 2. The first kappa shape index (κ1) is 18.7. The molecule has 1 aromatic heterocycles. The van der Waals surface area contributed by atoms with E-state index in [1.807, 2.05) is 19.1 Å². The van der Waals surface area contributed by atoms with Gasteiger partial charge in [0, 0.05) is 13.1 Å². The number of amides is 2. The molecule has 1 aliphatic heterocycles. The molecule has 2 heterocycles. The SMILES string of the molecule is CCOc1ccccc1C(=O)NCC(=O)Nc1ccc(N2CCCC2)nc1. The Kier molecular flexibility index (Phi) is 6.25. The van der Waals surface area contributed by atoms with Crippen molar-refractivity contribution in [1.29, 1.82) is 0 Å². The highest BCUT2D eigenvalue weighted by Gasteiger charge is 2.15. The Bertz CT molecular complexity index is 786. The summed E-state index contributed by atoms with van der Waals surface area (Å²) >= 11 is 0. The van der Waals surface area contributed by atoms with Crippen molar-refractivity contribution in [2.45, 2.75) is 19.8 Å². The number of benzene rings is 1. The molecule has 0 saturated carbocycles. The molecule has 1 fully saturated rings. The Labute approximate surface area is 158 Å². The van der Waals surface area contributed by atoms with Gasteiger partial charge in [0.2, 0.25) is 5.91 Å². The highest BCUT2D eigenvalue weighted by atomic mass is 16.5. The number of nitrogens with zero attached hydrogens (tertiary/aromatic N) is 2. The number of rotatable bonds is 7. The van der Waals surface area contributed by atoms with Crippen molar-refractivity contribution in [2.24, 2.45) is 0 Å². The second kappa shape index (κ2) is 9.02. The fourth-order valence-electron chi connectivity index (χ4n) is 2.99. The van der Waals surface area contributed by atoms with Crippen LogP contribution < -0.4 is 20.3 Å². The van der Waals surface area contributed by atoms with E-state index in [2.05, 4.69) is 20.5 Å². The molecule has 0 bridgehead atoms. The average Bonchev–Trinajstić information content (AvgIpc) is 3.22. The largest absolute Gasteiger partial charge is 0.493 e. The molecule has 1 saturated heterocycles. The zero-order chi connectivity index (χ0) is 19.1. The average molecular weight is 368 g/mol. The fraction of sp³-hybridized carbons (Fsp3) is 0.350. The van der Waals surface area contributed by atoms with Crippen LogP contribution in [0.3, 0.4) is 0 Å². The van der Waals surface area contributed by atoms with Gasteiger partial charge in [-0.2, -0.15) is 0 Å².